The lowest BCUT2D eigenvalue weighted by Gasteiger charge is -2.33. The summed E-state index contributed by atoms with van der Waals surface area (Å²) in [6, 6.07) is 18.0. The number of hydrogen-bond donors (Lipinski definition) is 1. The molecule has 2 amide bonds. The SMILES string of the molecule is O=C(Nc1cccc(C(=O)N2CCOC(c3ccc(Br)cc3)C2)c1)c1ccco1. The molecule has 2 aromatic carbocycles. The van der Waals surface area contributed by atoms with Gasteiger partial charge < -0.3 is 19.4 Å². The van der Waals surface area contributed by atoms with Gasteiger partial charge in [0.2, 0.25) is 0 Å². The quantitative estimate of drug-likeness (QED) is 0.629. The summed E-state index contributed by atoms with van der Waals surface area (Å²) in [6.45, 7) is 1.47. The van der Waals surface area contributed by atoms with Gasteiger partial charge in [0.25, 0.3) is 11.8 Å². The van der Waals surface area contributed by atoms with Crippen molar-refractivity contribution in [2.24, 2.45) is 0 Å². The van der Waals surface area contributed by atoms with Gasteiger partial charge in [0.05, 0.1) is 19.4 Å². The summed E-state index contributed by atoms with van der Waals surface area (Å²) in [5.74, 6) is -0.238. The zero-order chi connectivity index (χ0) is 20.2. The second-order valence-corrected chi connectivity index (χ2v) is 7.59. The van der Waals surface area contributed by atoms with E-state index in [0.717, 1.165) is 10.0 Å². The number of ether oxygens (including phenoxy) is 1. The second-order valence-electron chi connectivity index (χ2n) is 6.67. The van der Waals surface area contributed by atoms with Gasteiger partial charge in [-0.1, -0.05) is 34.1 Å². The van der Waals surface area contributed by atoms with E-state index in [2.05, 4.69) is 21.2 Å². The molecule has 1 atom stereocenters. The van der Waals surface area contributed by atoms with Gasteiger partial charge in [-0.05, 0) is 48.0 Å². The van der Waals surface area contributed by atoms with Crippen LogP contribution in [-0.4, -0.2) is 36.4 Å². The molecule has 1 saturated heterocycles. The highest BCUT2D eigenvalue weighted by Gasteiger charge is 2.26. The number of benzene rings is 2. The largest absolute Gasteiger partial charge is 0.459 e. The van der Waals surface area contributed by atoms with Crippen molar-refractivity contribution in [2.75, 3.05) is 25.0 Å². The van der Waals surface area contributed by atoms with Crippen molar-refractivity contribution in [1.82, 2.24) is 4.90 Å². The zero-order valence-electron chi connectivity index (χ0n) is 15.5. The smallest absolute Gasteiger partial charge is 0.291 e. The maximum absolute atomic E-state index is 13.0. The Hall–Kier alpha value is -2.90. The first-order valence-electron chi connectivity index (χ1n) is 9.21. The van der Waals surface area contributed by atoms with Crippen molar-refractivity contribution in [3.63, 3.8) is 0 Å². The van der Waals surface area contributed by atoms with Crippen LogP contribution in [0.4, 0.5) is 5.69 Å². The molecule has 0 radical (unpaired) electrons. The molecule has 148 valence electrons. The van der Waals surface area contributed by atoms with Crippen LogP contribution in [0.2, 0.25) is 0 Å². The summed E-state index contributed by atoms with van der Waals surface area (Å²) in [6.07, 6.45) is 1.28. The first-order chi connectivity index (χ1) is 14.1. The van der Waals surface area contributed by atoms with E-state index in [-0.39, 0.29) is 23.7 Å². The van der Waals surface area contributed by atoms with Gasteiger partial charge in [0, 0.05) is 22.3 Å². The Labute approximate surface area is 176 Å². The average Bonchev–Trinajstić information content (AvgIpc) is 3.29. The van der Waals surface area contributed by atoms with E-state index in [1.54, 1.807) is 41.3 Å². The fourth-order valence-electron chi connectivity index (χ4n) is 3.23. The van der Waals surface area contributed by atoms with Gasteiger partial charge in [0.15, 0.2) is 5.76 Å². The van der Waals surface area contributed by atoms with E-state index in [4.69, 9.17) is 9.15 Å². The lowest BCUT2D eigenvalue weighted by Crippen LogP contribution is -2.42. The molecule has 29 heavy (non-hydrogen) atoms. The highest BCUT2D eigenvalue weighted by Crippen LogP contribution is 2.25. The van der Waals surface area contributed by atoms with Crippen LogP contribution in [0.15, 0.2) is 75.8 Å². The van der Waals surface area contributed by atoms with Crippen LogP contribution >= 0.6 is 15.9 Å². The van der Waals surface area contributed by atoms with E-state index in [1.807, 2.05) is 24.3 Å². The topological polar surface area (TPSA) is 71.8 Å². The maximum Gasteiger partial charge on any atom is 0.291 e. The van der Waals surface area contributed by atoms with E-state index < -0.39 is 0 Å². The third-order valence-electron chi connectivity index (χ3n) is 4.71. The number of morpholine rings is 1. The molecule has 1 N–H and O–H groups in total. The summed E-state index contributed by atoms with van der Waals surface area (Å²) >= 11 is 3.43. The molecular weight excluding hydrogens is 436 g/mol. The fraction of sp³-hybridized carbons (Fsp3) is 0.182. The van der Waals surface area contributed by atoms with Gasteiger partial charge in [-0.15, -0.1) is 0 Å². The Kier molecular flexibility index (Phi) is 5.78. The van der Waals surface area contributed by atoms with Crippen molar-refractivity contribution < 1.29 is 18.7 Å². The molecule has 4 rings (SSSR count). The van der Waals surface area contributed by atoms with Crippen LogP contribution in [0, 0.1) is 0 Å². The van der Waals surface area contributed by atoms with Gasteiger partial charge >= 0.3 is 0 Å². The van der Waals surface area contributed by atoms with Crippen molar-refractivity contribution in [3.05, 3.63) is 88.3 Å². The number of carbonyl (C=O) groups excluding carboxylic acids is 2. The first-order valence-corrected chi connectivity index (χ1v) is 10.0. The lowest BCUT2D eigenvalue weighted by molar-refractivity contribution is -0.0228. The number of rotatable bonds is 4. The highest BCUT2D eigenvalue weighted by molar-refractivity contribution is 9.10. The van der Waals surface area contributed by atoms with E-state index in [0.29, 0.717) is 30.9 Å². The Morgan fingerprint density at radius 3 is 2.66 bits per heavy atom. The van der Waals surface area contributed by atoms with Gasteiger partial charge in [0.1, 0.15) is 6.10 Å². The maximum atomic E-state index is 13.0. The molecular formula is C22H19BrN2O4. The van der Waals surface area contributed by atoms with Crippen LogP contribution in [0.25, 0.3) is 0 Å². The average molecular weight is 455 g/mol. The summed E-state index contributed by atoms with van der Waals surface area (Å²) in [7, 11) is 0. The number of anilines is 1. The molecule has 3 aromatic rings. The molecule has 0 bridgehead atoms. The predicted molar refractivity (Wildman–Crippen MR) is 112 cm³/mol. The van der Waals surface area contributed by atoms with Gasteiger partial charge in [-0.25, -0.2) is 0 Å². The second kappa shape index (κ2) is 8.63. The number of halogens is 1. The predicted octanol–water partition coefficient (Wildman–Crippen LogP) is 4.51. The molecule has 0 saturated carbocycles. The molecule has 1 aliphatic heterocycles. The minimum absolute atomic E-state index is 0.0930. The van der Waals surface area contributed by atoms with Gasteiger partial charge in [-0.3, -0.25) is 9.59 Å². The Morgan fingerprint density at radius 2 is 1.90 bits per heavy atom. The number of carbonyl (C=O) groups is 2. The molecule has 2 heterocycles. The summed E-state index contributed by atoms with van der Waals surface area (Å²) in [5, 5.41) is 2.75. The number of nitrogens with one attached hydrogen (secondary N) is 1. The molecule has 1 unspecified atom stereocenters. The monoisotopic (exact) mass is 454 g/mol. The van der Waals surface area contributed by atoms with E-state index >= 15 is 0 Å². The van der Waals surface area contributed by atoms with Crippen molar-refractivity contribution >= 4 is 33.4 Å². The standard InChI is InChI=1S/C22H19BrN2O4/c23-17-8-6-15(7-9-17)20-14-25(10-12-29-20)22(27)16-3-1-4-18(13-16)24-21(26)19-5-2-11-28-19/h1-9,11,13,20H,10,12,14H2,(H,24,26). The third-order valence-corrected chi connectivity index (χ3v) is 5.24. The van der Waals surface area contributed by atoms with E-state index in [9.17, 15) is 9.59 Å². The highest BCUT2D eigenvalue weighted by atomic mass is 79.9. The first kappa shape index (κ1) is 19.4. The van der Waals surface area contributed by atoms with Crippen molar-refractivity contribution in [2.45, 2.75) is 6.10 Å². The van der Waals surface area contributed by atoms with Crippen molar-refractivity contribution in [1.29, 1.82) is 0 Å². The molecule has 6 nitrogen and oxygen atoms in total. The normalized spacial score (nSPS) is 16.4. The Balaban J connectivity index is 1.46. The van der Waals surface area contributed by atoms with Crippen LogP contribution in [0.5, 0.6) is 0 Å². The minimum Gasteiger partial charge on any atom is -0.459 e. The molecule has 1 aromatic heterocycles. The molecule has 0 spiro atoms. The van der Waals surface area contributed by atoms with Crippen LogP contribution in [0.3, 0.4) is 0 Å². The number of hydrogen-bond acceptors (Lipinski definition) is 4. The van der Waals surface area contributed by atoms with Crippen LogP contribution < -0.4 is 5.32 Å². The number of amides is 2. The molecule has 0 aliphatic carbocycles. The molecule has 7 heteroatoms. The van der Waals surface area contributed by atoms with Crippen molar-refractivity contribution in [3.8, 4) is 0 Å². The minimum atomic E-state index is -0.360. The Bertz CT molecular complexity index is 1000. The zero-order valence-corrected chi connectivity index (χ0v) is 17.1. The summed E-state index contributed by atoms with van der Waals surface area (Å²) in [4.78, 5) is 27.0. The van der Waals surface area contributed by atoms with Gasteiger partial charge in [-0.2, -0.15) is 0 Å². The fourth-order valence-corrected chi connectivity index (χ4v) is 3.49. The van der Waals surface area contributed by atoms with Crippen LogP contribution in [-0.2, 0) is 4.74 Å². The third kappa shape index (κ3) is 4.58. The Morgan fingerprint density at radius 1 is 1.07 bits per heavy atom. The van der Waals surface area contributed by atoms with Crippen LogP contribution in [0.1, 0.15) is 32.6 Å². The number of nitrogens with zero attached hydrogens (tertiary/aromatic N) is 1. The number of furan rings is 1. The molecule has 1 aliphatic rings. The molecule has 1 fully saturated rings. The van der Waals surface area contributed by atoms with E-state index in [1.165, 1.54) is 6.26 Å². The summed E-state index contributed by atoms with van der Waals surface area (Å²) < 4.78 is 12.0. The lowest BCUT2D eigenvalue weighted by atomic mass is 10.1. The summed E-state index contributed by atoms with van der Waals surface area (Å²) in [5.41, 5.74) is 2.08.